The van der Waals surface area contributed by atoms with Crippen molar-refractivity contribution in [1.29, 1.82) is 0 Å². The van der Waals surface area contributed by atoms with E-state index in [2.05, 4.69) is 20.8 Å². The third-order valence-corrected chi connectivity index (χ3v) is 3.54. The zero-order valence-corrected chi connectivity index (χ0v) is 12.4. The minimum Gasteiger partial charge on any atom is -1.00 e. The van der Waals surface area contributed by atoms with E-state index in [1.807, 2.05) is 0 Å². The highest BCUT2D eigenvalue weighted by atomic mass is 79.9. The first-order valence-electron chi connectivity index (χ1n) is 6.17. The van der Waals surface area contributed by atoms with Gasteiger partial charge in [-0.15, -0.1) is 0 Å². The van der Waals surface area contributed by atoms with Gasteiger partial charge in [0.1, 0.15) is 0 Å². The van der Waals surface area contributed by atoms with Crippen molar-refractivity contribution in [3.63, 3.8) is 0 Å². The average Bonchev–Trinajstić information content (AvgIpc) is 2.24. The molecule has 0 saturated carbocycles. The van der Waals surface area contributed by atoms with Crippen molar-refractivity contribution in [2.24, 2.45) is 0 Å². The Morgan fingerprint density at radius 2 is 1.50 bits per heavy atom. The number of halogens is 1. The Balaban J connectivity index is 0. The molecule has 0 bridgehead atoms. The van der Waals surface area contributed by atoms with Crippen molar-refractivity contribution < 1.29 is 31.4 Å². The van der Waals surface area contributed by atoms with Gasteiger partial charge in [-0.2, -0.15) is 0 Å². The molecule has 0 aliphatic rings. The number of hydrogen-bond donors (Lipinski definition) is 1. The number of carbonyl (C=O) groups is 1. The van der Waals surface area contributed by atoms with Crippen LogP contribution >= 0.6 is 0 Å². The van der Waals surface area contributed by atoms with E-state index in [1.165, 1.54) is 30.7 Å². The third kappa shape index (κ3) is 7.23. The largest absolute Gasteiger partial charge is 1.00 e. The minimum atomic E-state index is -0.669. The Morgan fingerprint density at radius 3 is 1.88 bits per heavy atom. The molecule has 0 aliphatic carbocycles. The first kappa shape index (κ1) is 18.3. The predicted octanol–water partition coefficient (Wildman–Crippen LogP) is -0.488. The van der Waals surface area contributed by atoms with E-state index in [0.717, 1.165) is 19.3 Å². The standard InChI is InChI=1S/C12H25NO2.BrH/c1-4-13(5-2,6-3)11-9-7-8-10-12(14)15;/h4-11H2,1-3H3;1H. The Hall–Kier alpha value is -0.0900. The van der Waals surface area contributed by atoms with E-state index >= 15 is 0 Å². The lowest BCUT2D eigenvalue weighted by Crippen LogP contribution is -3.00. The number of rotatable bonds is 9. The van der Waals surface area contributed by atoms with Crippen LogP contribution in [0.15, 0.2) is 0 Å². The Morgan fingerprint density at radius 1 is 1.00 bits per heavy atom. The molecule has 3 nitrogen and oxygen atoms in total. The lowest BCUT2D eigenvalue weighted by molar-refractivity contribution is -0.923. The molecule has 0 aromatic heterocycles. The summed E-state index contributed by atoms with van der Waals surface area (Å²) >= 11 is 0. The van der Waals surface area contributed by atoms with E-state index in [-0.39, 0.29) is 17.0 Å². The van der Waals surface area contributed by atoms with Gasteiger partial charge >= 0.3 is 5.97 Å². The molecule has 0 heterocycles. The van der Waals surface area contributed by atoms with E-state index in [9.17, 15) is 4.79 Å². The molecule has 4 heteroatoms. The van der Waals surface area contributed by atoms with Crippen LogP contribution in [-0.2, 0) is 4.79 Å². The molecule has 0 aromatic carbocycles. The van der Waals surface area contributed by atoms with Gasteiger partial charge in [0.2, 0.25) is 0 Å². The van der Waals surface area contributed by atoms with Crippen LogP contribution in [0.1, 0.15) is 46.5 Å². The molecule has 0 atom stereocenters. The number of hydrogen-bond acceptors (Lipinski definition) is 1. The number of unbranched alkanes of at least 4 members (excludes halogenated alkanes) is 2. The summed E-state index contributed by atoms with van der Waals surface area (Å²) in [5.74, 6) is -0.669. The number of nitrogens with zero attached hydrogens (tertiary/aromatic N) is 1. The summed E-state index contributed by atoms with van der Waals surface area (Å²) in [6.07, 6.45) is 3.35. The summed E-state index contributed by atoms with van der Waals surface area (Å²) in [4.78, 5) is 10.3. The fourth-order valence-electron chi connectivity index (χ4n) is 2.05. The second-order valence-electron chi connectivity index (χ2n) is 4.22. The van der Waals surface area contributed by atoms with Crippen molar-refractivity contribution in [3.05, 3.63) is 0 Å². The van der Waals surface area contributed by atoms with Crippen molar-refractivity contribution in [1.82, 2.24) is 0 Å². The SMILES string of the molecule is CC[N+](CC)(CC)CCCCCC(=O)O.[Br-]. The lowest BCUT2D eigenvalue weighted by atomic mass is 10.1. The van der Waals surface area contributed by atoms with Crippen LogP contribution in [0, 0.1) is 0 Å². The Labute approximate surface area is 110 Å². The van der Waals surface area contributed by atoms with Gasteiger partial charge in [-0.05, 0) is 40.0 Å². The molecule has 0 aromatic rings. The van der Waals surface area contributed by atoms with E-state index < -0.39 is 5.97 Å². The fourth-order valence-corrected chi connectivity index (χ4v) is 2.05. The summed E-state index contributed by atoms with van der Waals surface area (Å²) in [6.45, 7) is 11.5. The van der Waals surface area contributed by atoms with Crippen molar-refractivity contribution in [3.8, 4) is 0 Å². The van der Waals surface area contributed by atoms with Gasteiger partial charge in [0.05, 0.1) is 26.2 Å². The normalized spacial score (nSPS) is 10.9. The quantitative estimate of drug-likeness (QED) is 0.461. The fraction of sp³-hybridized carbons (Fsp3) is 0.917. The van der Waals surface area contributed by atoms with E-state index in [4.69, 9.17) is 5.11 Å². The monoisotopic (exact) mass is 295 g/mol. The number of quaternary nitrogens is 1. The van der Waals surface area contributed by atoms with Gasteiger partial charge in [-0.25, -0.2) is 0 Å². The molecule has 0 saturated heterocycles. The predicted molar refractivity (Wildman–Crippen MR) is 62.9 cm³/mol. The maximum atomic E-state index is 10.3. The Kier molecular flexibility index (Phi) is 11.5. The molecule has 0 spiro atoms. The summed E-state index contributed by atoms with van der Waals surface area (Å²) < 4.78 is 1.17. The smallest absolute Gasteiger partial charge is 0.303 e. The third-order valence-electron chi connectivity index (χ3n) is 3.54. The number of carboxylic acids is 1. The summed E-state index contributed by atoms with van der Waals surface area (Å²) in [7, 11) is 0. The number of aliphatic carboxylic acids is 1. The van der Waals surface area contributed by atoms with Crippen molar-refractivity contribution in [2.75, 3.05) is 26.2 Å². The molecule has 0 unspecified atom stereocenters. The summed E-state index contributed by atoms with van der Waals surface area (Å²) in [5, 5.41) is 8.51. The molecule has 0 aliphatic heterocycles. The van der Waals surface area contributed by atoms with Crippen LogP contribution in [-0.4, -0.2) is 41.7 Å². The van der Waals surface area contributed by atoms with Crippen LogP contribution in [0.3, 0.4) is 0 Å². The second-order valence-corrected chi connectivity index (χ2v) is 4.22. The molecule has 0 amide bonds. The van der Waals surface area contributed by atoms with E-state index in [1.54, 1.807) is 0 Å². The highest BCUT2D eigenvalue weighted by molar-refractivity contribution is 5.66. The first-order valence-corrected chi connectivity index (χ1v) is 6.17. The molecular formula is C12H26BrNO2. The van der Waals surface area contributed by atoms with Crippen LogP contribution in [0.25, 0.3) is 0 Å². The highest BCUT2D eigenvalue weighted by Crippen LogP contribution is 2.10. The zero-order chi connectivity index (χ0) is 11.7. The molecule has 98 valence electrons. The molecular weight excluding hydrogens is 270 g/mol. The average molecular weight is 296 g/mol. The maximum Gasteiger partial charge on any atom is 0.303 e. The molecule has 16 heavy (non-hydrogen) atoms. The second kappa shape index (κ2) is 10.1. The number of carboxylic acid groups (broad SMARTS) is 1. The van der Waals surface area contributed by atoms with Gasteiger partial charge < -0.3 is 26.6 Å². The minimum absolute atomic E-state index is 0. The van der Waals surface area contributed by atoms with Gasteiger partial charge in [0.25, 0.3) is 0 Å². The molecule has 0 fully saturated rings. The van der Waals surface area contributed by atoms with Gasteiger partial charge in [-0.1, -0.05) is 0 Å². The van der Waals surface area contributed by atoms with Gasteiger partial charge in [0.15, 0.2) is 0 Å². The highest BCUT2D eigenvalue weighted by Gasteiger charge is 2.19. The Bertz CT molecular complexity index is 174. The summed E-state index contributed by atoms with van der Waals surface area (Å²) in [5.41, 5.74) is 0. The van der Waals surface area contributed by atoms with Crippen LogP contribution in [0.2, 0.25) is 0 Å². The van der Waals surface area contributed by atoms with Crippen LogP contribution in [0.4, 0.5) is 0 Å². The lowest BCUT2D eigenvalue weighted by Gasteiger charge is -2.35. The van der Waals surface area contributed by atoms with E-state index in [0.29, 0.717) is 6.42 Å². The molecule has 0 radical (unpaired) electrons. The van der Waals surface area contributed by atoms with Crippen molar-refractivity contribution in [2.45, 2.75) is 46.5 Å². The van der Waals surface area contributed by atoms with Crippen LogP contribution < -0.4 is 17.0 Å². The zero-order valence-electron chi connectivity index (χ0n) is 10.8. The topological polar surface area (TPSA) is 37.3 Å². The van der Waals surface area contributed by atoms with Crippen LogP contribution in [0.5, 0.6) is 0 Å². The summed E-state index contributed by atoms with van der Waals surface area (Å²) in [6, 6.07) is 0. The first-order chi connectivity index (χ1) is 7.10. The maximum absolute atomic E-state index is 10.3. The van der Waals surface area contributed by atoms with Gasteiger partial charge in [0, 0.05) is 6.42 Å². The van der Waals surface area contributed by atoms with Gasteiger partial charge in [-0.3, -0.25) is 4.79 Å². The molecule has 0 rings (SSSR count). The van der Waals surface area contributed by atoms with Crippen molar-refractivity contribution >= 4 is 5.97 Å². The molecule has 1 N–H and O–H groups in total.